The molecule has 0 unspecified atom stereocenters. The van der Waals surface area contributed by atoms with Crippen LogP contribution in [0.15, 0.2) is 35.5 Å². The van der Waals surface area contributed by atoms with E-state index in [1.54, 1.807) is 24.0 Å². The summed E-state index contributed by atoms with van der Waals surface area (Å²) in [5.41, 5.74) is 1.36. The Morgan fingerprint density at radius 1 is 1.36 bits per heavy atom. The Morgan fingerprint density at radius 3 is 2.86 bits per heavy atom. The van der Waals surface area contributed by atoms with Gasteiger partial charge in [0.25, 0.3) is 5.91 Å². The molecular weight excluding hydrogens is 300 g/mol. The predicted molar refractivity (Wildman–Crippen MR) is 85.1 cm³/mol. The molecule has 0 bridgehead atoms. The third-order valence-corrected chi connectivity index (χ3v) is 4.32. The SMILES string of the molecule is CCOc1ccc2c(c1)sc(=NC(=O)c1ccn(C)n1)n2C. The number of rotatable bonds is 3. The average Bonchev–Trinajstić information content (AvgIpc) is 3.04. The van der Waals surface area contributed by atoms with Crippen LogP contribution in [-0.2, 0) is 14.1 Å². The van der Waals surface area contributed by atoms with E-state index < -0.39 is 0 Å². The van der Waals surface area contributed by atoms with Crippen molar-refractivity contribution in [3.05, 3.63) is 41.0 Å². The normalized spacial score (nSPS) is 12.0. The summed E-state index contributed by atoms with van der Waals surface area (Å²) >= 11 is 1.45. The number of carbonyl (C=O) groups is 1. The quantitative estimate of drug-likeness (QED) is 0.743. The second-order valence-corrected chi connectivity index (χ2v) is 5.81. The summed E-state index contributed by atoms with van der Waals surface area (Å²) in [4.78, 5) is 17.0. The van der Waals surface area contributed by atoms with Crippen LogP contribution in [0.5, 0.6) is 5.75 Å². The number of thiazole rings is 1. The maximum Gasteiger partial charge on any atom is 0.300 e. The van der Waals surface area contributed by atoms with Crippen molar-refractivity contribution in [3.8, 4) is 5.75 Å². The highest BCUT2D eigenvalue weighted by Gasteiger charge is 2.10. The molecule has 114 valence electrons. The molecule has 6 nitrogen and oxygen atoms in total. The van der Waals surface area contributed by atoms with Crippen LogP contribution >= 0.6 is 11.3 Å². The third-order valence-electron chi connectivity index (χ3n) is 3.22. The summed E-state index contributed by atoms with van der Waals surface area (Å²) in [6.07, 6.45) is 1.72. The van der Waals surface area contributed by atoms with E-state index in [1.807, 2.05) is 36.7 Å². The van der Waals surface area contributed by atoms with Crippen molar-refractivity contribution < 1.29 is 9.53 Å². The fraction of sp³-hybridized carbons (Fsp3) is 0.267. The largest absolute Gasteiger partial charge is 0.494 e. The Bertz CT molecular complexity index is 904. The summed E-state index contributed by atoms with van der Waals surface area (Å²) in [7, 11) is 3.66. The molecule has 0 aliphatic rings. The number of nitrogens with zero attached hydrogens (tertiary/aromatic N) is 4. The lowest BCUT2D eigenvalue weighted by Crippen LogP contribution is -2.13. The van der Waals surface area contributed by atoms with Gasteiger partial charge in [-0.1, -0.05) is 11.3 Å². The first kappa shape index (κ1) is 14.5. The molecule has 3 rings (SSSR count). The second-order valence-electron chi connectivity index (χ2n) is 4.80. The van der Waals surface area contributed by atoms with Gasteiger partial charge in [0.2, 0.25) is 0 Å². The van der Waals surface area contributed by atoms with Gasteiger partial charge in [-0.15, -0.1) is 0 Å². The van der Waals surface area contributed by atoms with Gasteiger partial charge in [-0.3, -0.25) is 9.48 Å². The van der Waals surface area contributed by atoms with Crippen molar-refractivity contribution in [1.82, 2.24) is 14.3 Å². The van der Waals surface area contributed by atoms with Crippen molar-refractivity contribution >= 4 is 27.5 Å². The predicted octanol–water partition coefficient (Wildman–Crippen LogP) is 2.11. The van der Waals surface area contributed by atoms with Gasteiger partial charge in [0.05, 0.1) is 16.8 Å². The molecule has 0 fully saturated rings. The zero-order valence-electron chi connectivity index (χ0n) is 12.6. The second kappa shape index (κ2) is 5.76. The van der Waals surface area contributed by atoms with Crippen molar-refractivity contribution in [1.29, 1.82) is 0 Å². The molecule has 0 N–H and O–H groups in total. The topological polar surface area (TPSA) is 61.4 Å². The van der Waals surface area contributed by atoms with E-state index in [4.69, 9.17) is 4.74 Å². The molecule has 0 aliphatic heterocycles. The number of aromatic nitrogens is 3. The van der Waals surface area contributed by atoms with Gasteiger partial charge in [0.1, 0.15) is 5.75 Å². The molecule has 1 aromatic carbocycles. The first-order valence-electron chi connectivity index (χ1n) is 6.89. The van der Waals surface area contributed by atoms with Crippen LogP contribution in [0.4, 0.5) is 0 Å². The van der Waals surface area contributed by atoms with Crippen LogP contribution in [0.25, 0.3) is 10.2 Å². The lowest BCUT2D eigenvalue weighted by molar-refractivity contribution is 0.0992. The number of hydrogen-bond acceptors (Lipinski definition) is 4. The summed E-state index contributed by atoms with van der Waals surface area (Å²) < 4.78 is 10.0. The van der Waals surface area contributed by atoms with Crippen molar-refractivity contribution in [3.63, 3.8) is 0 Å². The van der Waals surface area contributed by atoms with E-state index in [0.29, 0.717) is 17.1 Å². The first-order valence-corrected chi connectivity index (χ1v) is 7.71. The van der Waals surface area contributed by atoms with E-state index in [0.717, 1.165) is 16.0 Å². The number of benzene rings is 1. The van der Waals surface area contributed by atoms with E-state index in [2.05, 4.69) is 10.1 Å². The molecular formula is C15H16N4O2S. The fourth-order valence-electron chi connectivity index (χ4n) is 2.15. The maximum absolute atomic E-state index is 12.2. The Balaban J connectivity index is 2.05. The van der Waals surface area contributed by atoms with E-state index >= 15 is 0 Å². The number of ether oxygens (including phenoxy) is 1. The van der Waals surface area contributed by atoms with Crippen molar-refractivity contribution in [2.24, 2.45) is 19.1 Å². The molecule has 0 radical (unpaired) electrons. The zero-order chi connectivity index (χ0) is 15.7. The van der Waals surface area contributed by atoms with Crippen LogP contribution in [0.2, 0.25) is 0 Å². The molecule has 0 atom stereocenters. The summed E-state index contributed by atoms with van der Waals surface area (Å²) in [5.74, 6) is 0.479. The zero-order valence-corrected chi connectivity index (χ0v) is 13.4. The highest BCUT2D eigenvalue weighted by Crippen LogP contribution is 2.22. The summed E-state index contributed by atoms with van der Waals surface area (Å²) in [6, 6.07) is 7.52. The number of aryl methyl sites for hydroxylation is 2. The number of carbonyl (C=O) groups excluding carboxylic acids is 1. The Morgan fingerprint density at radius 2 is 2.18 bits per heavy atom. The third kappa shape index (κ3) is 2.67. The van der Waals surface area contributed by atoms with Crippen LogP contribution in [0, 0.1) is 0 Å². The van der Waals surface area contributed by atoms with Crippen LogP contribution < -0.4 is 9.54 Å². The molecule has 2 heterocycles. The van der Waals surface area contributed by atoms with Gasteiger partial charge in [-0.05, 0) is 31.2 Å². The fourth-order valence-corrected chi connectivity index (χ4v) is 3.20. The molecule has 0 aliphatic carbocycles. The smallest absolute Gasteiger partial charge is 0.300 e. The molecule has 7 heteroatoms. The van der Waals surface area contributed by atoms with Crippen LogP contribution in [0.3, 0.4) is 0 Å². The van der Waals surface area contributed by atoms with Gasteiger partial charge < -0.3 is 9.30 Å². The standard InChI is InChI=1S/C15H16N4O2S/c1-4-21-10-5-6-12-13(9-10)22-15(19(12)3)16-14(20)11-7-8-18(2)17-11/h5-9H,4H2,1-3H3. The van der Waals surface area contributed by atoms with Crippen LogP contribution in [-0.4, -0.2) is 26.9 Å². The number of fused-ring (bicyclic) bond motifs is 1. The molecule has 0 spiro atoms. The molecule has 1 amide bonds. The Labute approximate surface area is 131 Å². The lowest BCUT2D eigenvalue weighted by atomic mass is 10.3. The molecule has 2 aromatic heterocycles. The first-order chi connectivity index (χ1) is 10.6. The minimum Gasteiger partial charge on any atom is -0.494 e. The van der Waals surface area contributed by atoms with E-state index in [9.17, 15) is 4.79 Å². The Hall–Kier alpha value is -2.41. The van der Waals surface area contributed by atoms with Crippen molar-refractivity contribution in [2.75, 3.05) is 6.61 Å². The van der Waals surface area contributed by atoms with Gasteiger partial charge in [-0.2, -0.15) is 10.1 Å². The highest BCUT2D eigenvalue weighted by atomic mass is 32.1. The number of hydrogen-bond donors (Lipinski definition) is 0. The summed E-state index contributed by atoms with van der Waals surface area (Å²) in [6.45, 7) is 2.57. The summed E-state index contributed by atoms with van der Waals surface area (Å²) in [5, 5.41) is 4.08. The maximum atomic E-state index is 12.2. The van der Waals surface area contributed by atoms with Crippen molar-refractivity contribution in [2.45, 2.75) is 6.92 Å². The lowest BCUT2D eigenvalue weighted by Gasteiger charge is -2.02. The van der Waals surface area contributed by atoms with Gasteiger partial charge >= 0.3 is 0 Å². The molecule has 3 aromatic rings. The highest BCUT2D eigenvalue weighted by molar-refractivity contribution is 7.16. The Kier molecular flexibility index (Phi) is 3.81. The van der Waals surface area contributed by atoms with E-state index in [1.165, 1.54) is 11.3 Å². The molecule has 0 saturated heterocycles. The molecule has 22 heavy (non-hydrogen) atoms. The number of amides is 1. The van der Waals surface area contributed by atoms with Gasteiger partial charge in [-0.25, -0.2) is 0 Å². The minimum absolute atomic E-state index is 0.340. The minimum atomic E-state index is -0.340. The average molecular weight is 316 g/mol. The van der Waals surface area contributed by atoms with Gasteiger partial charge in [0, 0.05) is 20.3 Å². The van der Waals surface area contributed by atoms with Gasteiger partial charge in [0.15, 0.2) is 10.5 Å². The monoisotopic (exact) mass is 316 g/mol. The van der Waals surface area contributed by atoms with Crippen LogP contribution in [0.1, 0.15) is 17.4 Å². The van der Waals surface area contributed by atoms with E-state index in [-0.39, 0.29) is 5.91 Å². The molecule has 0 saturated carbocycles.